The number of hydrogen-bond acceptors (Lipinski definition) is 5. The molecule has 1 aliphatic rings. The first-order chi connectivity index (χ1) is 11.5. The number of esters is 1. The van der Waals surface area contributed by atoms with Gasteiger partial charge >= 0.3 is 5.97 Å². The Balaban J connectivity index is 2.62. The van der Waals surface area contributed by atoms with Crippen LogP contribution in [0.5, 0.6) is 0 Å². The highest BCUT2D eigenvalue weighted by Crippen LogP contribution is 2.40. The quantitative estimate of drug-likeness (QED) is 0.835. The Morgan fingerprint density at radius 3 is 2.58 bits per heavy atom. The number of halogens is 1. The molecule has 0 spiro atoms. The lowest BCUT2D eigenvalue weighted by Gasteiger charge is -2.31. The van der Waals surface area contributed by atoms with Crippen LogP contribution >= 0.6 is 0 Å². The molecule has 1 aromatic carbocycles. The van der Waals surface area contributed by atoms with Crippen molar-refractivity contribution in [2.45, 2.75) is 32.6 Å². The second-order valence-corrected chi connectivity index (χ2v) is 5.41. The highest BCUT2D eigenvalue weighted by atomic mass is 19.1. The molecule has 0 aromatic heterocycles. The number of carbonyl (C=O) groups is 1. The zero-order valence-corrected chi connectivity index (χ0v) is 13.6. The Kier molecular flexibility index (Phi) is 5.69. The van der Waals surface area contributed by atoms with Crippen LogP contribution in [-0.4, -0.2) is 18.5 Å². The van der Waals surface area contributed by atoms with E-state index in [2.05, 4.69) is 0 Å². The zero-order valence-electron chi connectivity index (χ0n) is 13.6. The molecule has 0 saturated heterocycles. The second-order valence-electron chi connectivity index (χ2n) is 5.41. The van der Waals surface area contributed by atoms with E-state index in [4.69, 9.17) is 14.9 Å². The van der Waals surface area contributed by atoms with Gasteiger partial charge in [0.2, 0.25) is 5.90 Å². The van der Waals surface area contributed by atoms with E-state index in [1.165, 1.54) is 24.3 Å². The summed E-state index contributed by atoms with van der Waals surface area (Å²) in [6.45, 7) is 3.80. The molecule has 6 heteroatoms. The van der Waals surface area contributed by atoms with Crippen molar-refractivity contribution in [1.82, 2.24) is 0 Å². The molecule has 0 saturated carbocycles. The van der Waals surface area contributed by atoms with Crippen LogP contribution in [0.1, 0.15) is 38.2 Å². The number of carbonyl (C=O) groups excluding carboxylic acids is 1. The van der Waals surface area contributed by atoms with E-state index < -0.39 is 23.6 Å². The SMILES string of the molecule is CCCC1=C(C(=O)OCC)C(c2ccc(F)cc2)C(C#N)C(=N)O1. The number of rotatable bonds is 5. The number of nitriles is 1. The summed E-state index contributed by atoms with van der Waals surface area (Å²) in [5.41, 5.74) is 0.820. The molecule has 5 nitrogen and oxygen atoms in total. The molecule has 0 fully saturated rings. The Morgan fingerprint density at radius 2 is 2.04 bits per heavy atom. The van der Waals surface area contributed by atoms with Crippen molar-refractivity contribution in [3.05, 3.63) is 47.0 Å². The third-order valence-electron chi connectivity index (χ3n) is 3.80. The van der Waals surface area contributed by atoms with Gasteiger partial charge in [-0.1, -0.05) is 19.1 Å². The lowest BCUT2D eigenvalue weighted by molar-refractivity contribution is -0.139. The van der Waals surface area contributed by atoms with Crippen molar-refractivity contribution in [2.24, 2.45) is 5.92 Å². The molecular weight excluding hydrogens is 311 g/mol. The molecule has 0 aliphatic carbocycles. The molecule has 0 radical (unpaired) electrons. The van der Waals surface area contributed by atoms with Crippen molar-refractivity contribution in [3.8, 4) is 6.07 Å². The van der Waals surface area contributed by atoms with Crippen molar-refractivity contribution in [1.29, 1.82) is 10.7 Å². The largest absolute Gasteiger partial charge is 0.463 e. The third kappa shape index (κ3) is 3.46. The summed E-state index contributed by atoms with van der Waals surface area (Å²) in [7, 11) is 0. The third-order valence-corrected chi connectivity index (χ3v) is 3.80. The molecule has 1 aromatic rings. The van der Waals surface area contributed by atoms with Gasteiger partial charge in [0.1, 0.15) is 17.5 Å². The molecule has 2 unspecified atom stereocenters. The van der Waals surface area contributed by atoms with Gasteiger partial charge in [-0.05, 0) is 31.0 Å². The molecule has 2 rings (SSSR count). The monoisotopic (exact) mass is 330 g/mol. The average Bonchev–Trinajstić information content (AvgIpc) is 2.55. The van der Waals surface area contributed by atoms with Crippen LogP contribution in [0.4, 0.5) is 4.39 Å². The van der Waals surface area contributed by atoms with E-state index in [-0.39, 0.29) is 18.1 Å². The maximum atomic E-state index is 13.2. The predicted molar refractivity (Wildman–Crippen MR) is 85.6 cm³/mol. The molecule has 2 atom stereocenters. The van der Waals surface area contributed by atoms with Crippen LogP contribution < -0.4 is 0 Å². The average molecular weight is 330 g/mol. The second kappa shape index (κ2) is 7.73. The van der Waals surface area contributed by atoms with Crippen LogP contribution in [0.3, 0.4) is 0 Å². The lowest BCUT2D eigenvalue weighted by Crippen LogP contribution is -2.33. The lowest BCUT2D eigenvalue weighted by atomic mass is 9.78. The number of hydrogen-bond donors (Lipinski definition) is 1. The number of allylic oxidation sites excluding steroid dienone is 1. The summed E-state index contributed by atoms with van der Waals surface area (Å²) < 4.78 is 23.8. The fourth-order valence-corrected chi connectivity index (χ4v) is 2.77. The molecule has 1 aliphatic heterocycles. The maximum Gasteiger partial charge on any atom is 0.338 e. The van der Waals surface area contributed by atoms with E-state index in [9.17, 15) is 14.4 Å². The highest BCUT2D eigenvalue weighted by molar-refractivity contribution is 5.96. The van der Waals surface area contributed by atoms with Crippen molar-refractivity contribution in [2.75, 3.05) is 6.61 Å². The fourth-order valence-electron chi connectivity index (χ4n) is 2.77. The van der Waals surface area contributed by atoms with Gasteiger partial charge in [-0.2, -0.15) is 5.26 Å². The number of ether oxygens (including phenoxy) is 2. The van der Waals surface area contributed by atoms with Crippen LogP contribution in [0.25, 0.3) is 0 Å². The van der Waals surface area contributed by atoms with E-state index in [1.54, 1.807) is 6.92 Å². The Hall–Kier alpha value is -2.68. The molecule has 1 N–H and O–H groups in total. The topological polar surface area (TPSA) is 83.2 Å². The van der Waals surface area contributed by atoms with Crippen molar-refractivity contribution in [3.63, 3.8) is 0 Å². The Bertz CT molecular complexity index is 704. The summed E-state index contributed by atoms with van der Waals surface area (Å²) >= 11 is 0. The zero-order chi connectivity index (χ0) is 17.7. The fraction of sp³-hybridized carbons (Fsp3) is 0.389. The smallest absolute Gasteiger partial charge is 0.338 e. The van der Waals surface area contributed by atoms with Crippen LogP contribution in [0.15, 0.2) is 35.6 Å². The highest BCUT2D eigenvalue weighted by Gasteiger charge is 2.42. The van der Waals surface area contributed by atoms with Crippen LogP contribution in [0.2, 0.25) is 0 Å². The Labute approximate surface area is 140 Å². The van der Waals surface area contributed by atoms with Gasteiger partial charge < -0.3 is 9.47 Å². The van der Waals surface area contributed by atoms with Crippen molar-refractivity contribution < 1.29 is 18.7 Å². The minimum absolute atomic E-state index is 0.187. The van der Waals surface area contributed by atoms with E-state index >= 15 is 0 Å². The summed E-state index contributed by atoms with van der Waals surface area (Å²) in [5.74, 6) is -2.51. The molecular formula is C18H19FN2O3. The summed E-state index contributed by atoms with van der Waals surface area (Å²) in [5, 5.41) is 17.5. The molecule has 0 bridgehead atoms. The van der Waals surface area contributed by atoms with Gasteiger partial charge in [0.25, 0.3) is 0 Å². The number of nitrogens with one attached hydrogen (secondary N) is 1. The molecule has 1 heterocycles. The normalized spacial score (nSPS) is 20.3. The predicted octanol–water partition coefficient (Wildman–Crippen LogP) is 3.67. The van der Waals surface area contributed by atoms with E-state index in [0.717, 1.165) is 0 Å². The minimum atomic E-state index is -0.963. The summed E-state index contributed by atoms with van der Waals surface area (Å²) in [6, 6.07) is 7.60. The van der Waals surface area contributed by atoms with Gasteiger partial charge in [0.15, 0.2) is 0 Å². The van der Waals surface area contributed by atoms with Gasteiger partial charge in [-0.3, -0.25) is 5.41 Å². The van der Waals surface area contributed by atoms with Gasteiger partial charge in [-0.15, -0.1) is 0 Å². The summed E-state index contributed by atoms with van der Waals surface area (Å²) in [4.78, 5) is 12.5. The first kappa shape index (κ1) is 17.7. The number of nitrogens with zero attached hydrogens (tertiary/aromatic N) is 1. The minimum Gasteiger partial charge on any atom is -0.463 e. The molecule has 126 valence electrons. The molecule has 0 amide bonds. The molecule has 24 heavy (non-hydrogen) atoms. The van der Waals surface area contributed by atoms with E-state index in [1.807, 2.05) is 13.0 Å². The Morgan fingerprint density at radius 1 is 1.38 bits per heavy atom. The van der Waals surface area contributed by atoms with Crippen LogP contribution in [0, 0.1) is 28.5 Å². The first-order valence-corrected chi connectivity index (χ1v) is 7.84. The van der Waals surface area contributed by atoms with Gasteiger partial charge in [0.05, 0.1) is 18.2 Å². The first-order valence-electron chi connectivity index (χ1n) is 7.84. The van der Waals surface area contributed by atoms with Crippen molar-refractivity contribution >= 4 is 11.9 Å². The van der Waals surface area contributed by atoms with Gasteiger partial charge in [-0.25, -0.2) is 9.18 Å². The van der Waals surface area contributed by atoms with E-state index in [0.29, 0.717) is 24.2 Å². The van der Waals surface area contributed by atoms with Gasteiger partial charge in [0, 0.05) is 12.3 Å². The number of benzene rings is 1. The maximum absolute atomic E-state index is 13.2. The van der Waals surface area contributed by atoms with Crippen LogP contribution in [-0.2, 0) is 14.3 Å². The summed E-state index contributed by atoms with van der Waals surface area (Å²) in [6.07, 6.45) is 1.16. The standard InChI is InChI=1S/C18H19FN2O3/c1-3-5-14-16(18(22)23-4-2)15(13(10-20)17(21)24-14)11-6-8-12(19)9-7-11/h6-9,13,15,21H,3-5H2,1-2H3.